The van der Waals surface area contributed by atoms with Gasteiger partial charge in [0.25, 0.3) is 17.7 Å². The van der Waals surface area contributed by atoms with Gasteiger partial charge in [-0.3, -0.25) is 19.7 Å². The fraction of sp³-hybridized carbons (Fsp3) is 0. The molecule has 0 saturated heterocycles. The number of carbonyl (C=O) groups excluding carboxylic acids is 3. The SMILES string of the molecule is NS(=O)(=O)c1ccc2nc(NC(=O)c3cccc(N4C(=O)c5ccccc5C4=O)c3)sc2c1. The van der Waals surface area contributed by atoms with Gasteiger partial charge in [0.15, 0.2) is 5.13 Å². The summed E-state index contributed by atoms with van der Waals surface area (Å²) in [4.78, 5) is 43.5. The molecule has 5 rings (SSSR count). The molecule has 164 valence electrons. The number of nitrogens with one attached hydrogen (secondary N) is 1. The van der Waals surface area contributed by atoms with Crippen LogP contribution < -0.4 is 15.4 Å². The Morgan fingerprint density at radius 2 is 1.64 bits per heavy atom. The van der Waals surface area contributed by atoms with Crippen LogP contribution in [-0.2, 0) is 10.0 Å². The van der Waals surface area contributed by atoms with Gasteiger partial charge >= 0.3 is 0 Å². The Morgan fingerprint density at radius 1 is 0.939 bits per heavy atom. The number of amides is 3. The van der Waals surface area contributed by atoms with Crippen molar-refractivity contribution in [3.05, 3.63) is 83.4 Å². The van der Waals surface area contributed by atoms with Crippen molar-refractivity contribution in [2.75, 3.05) is 10.2 Å². The maximum atomic E-state index is 12.8. The van der Waals surface area contributed by atoms with E-state index in [0.717, 1.165) is 16.2 Å². The van der Waals surface area contributed by atoms with Crippen molar-refractivity contribution in [1.29, 1.82) is 0 Å². The monoisotopic (exact) mass is 478 g/mol. The van der Waals surface area contributed by atoms with Gasteiger partial charge in [0.05, 0.1) is 31.9 Å². The summed E-state index contributed by atoms with van der Waals surface area (Å²) in [6, 6.07) is 16.9. The number of primary sulfonamides is 1. The summed E-state index contributed by atoms with van der Waals surface area (Å²) in [6.07, 6.45) is 0. The van der Waals surface area contributed by atoms with E-state index < -0.39 is 27.7 Å². The Kier molecular flexibility index (Phi) is 4.81. The van der Waals surface area contributed by atoms with Crippen molar-refractivity contribution in [2.45, 2.75) is 4.90 Å². The average Bonchev–Trinajstić information content (AvgIpc) is 3.30. The first-order valence-electron chi connectivity index (χ1n) is 9.55. The number of sulfonamides is 1. The molecule has 0 atom stereocenters. The molecule has 0 aliphatic carbocycles. The summed E-state index contributed by atoms with van der Waals surface area (Å²) in [6.45, 7) is 0. The second-order valence-electron chi connectivity index (χ2n) is 7.19. The fourth-order valence-corrected chi connectivity index (χ4v) is 5.03. The molecule has 0 bridgehead atoms. The first kappa shape index (κ1) is 20.9. The van der Waals surface area contributed by atoms with Crippen LogP contribution in [0.1, 0.15) is 31.1 Å². The van der Waals surface area contributed by atoms with Crippen LogP contribution in [0, 0.1) is 0 Å². The van der Waals surface area contributed by atoms with Crippen LogP contribution in [0.25, 0.3) is 10.2 Å². The lowest BCUT2D eigenvalue weighted by atomic mass is 10.1. The highest BCUT2D eigenvalue weighted by Gasteiger charge is 2.36. The predicted molar refractivity (Wildman–Crippen MR) is 123 cm³/mol. The van der Waals surface area contributed by atoms with Crippen molar-refractivity contribution < 1.29 is 22.8 Å². The molecule has 0 spiro atoms. The van der Waals surface area contributed by atoms with E-state index in [1.165, 1.54) is 24.3 Å². The van der Waals surface area contributed by atoms with E-state index in [0.29, 0.717) is 21.3 Å². The zero-order valence-electron chi connectivity index (χ0n) is 16.7. The number of rotatable bonds is 4. The molecule has 1 aliphatic heterocycles. The maximum Gasteiger partial charge on any atom is 0.266 e. The van der Waals surface area contributed by atoms with Crippen LogP contribution in [0.15, 0.2) is 71.6 Å². The summed E-state index contributed by atoms with van der Waals surface area (Å²) < 4.78 is 23.6. The normalized spacial score (nSPS) is 13.4. The van der Waals surface area contributed by atoms with Gasteiger partial charge < -0.3 is 0 Å². The highest BCUT2D eigenvalue weighted by molar-refractivity contribution is 7.89. The summed E-state index contributed by atoms with van der Waals surface area (Å²) in [5.74, 6) is -1.41. The van der Waals surface area contributed by atoms with Crippen LogP contribution in [-0.4, -0.2) is 31.1 Å². The maximum absolute atomic E-state index is 12.8. The first-order valence-corrected chi connectivity index (χ1v) is 11.9. The molecule has 4 aromatic rings. The van der Waals surface area contributed by atoms with E-state index in [1.807, 2.05) is 0 Å². The Hall–Kier alpha value is -3.93. The van der Waals surface area contributed by atoms with Crippen molar-refractivity contribution in [1.82, 2.24) is 4.98 Å². The minimum Gasteiger partial charge on any atom is -0.298 e. The van der Waals surface area contributed by atoms with Crippen LogP contribution in [0.2, 0.25) is 0 Å². The Bertz CT molecular complexity index is 1560. The smallest absolute Gasteiger partial charge is 0.266 e. The third-order valence-electron chi connectivity index (χ3n) is 5.07. The molecule has 33 heavy (non-hydrogen) atoms. The number of benzene rings is 3. The molecule has 11 heteroatoms. The van der Waals surface area contributed by atoms with Crippen molar-refractivity contribution >= 4 is 60.1 Å². The van der Waals surface area contributed by atoms with Crippen molar-refractivity contribution in [3.63, 3.8) is 0 Å². The summed E-state index contributed by atoms with van der Waals surface area (Å²) in [7, 11) is -3.86. The molecule has 9 nitrogen and oxygen atoms in total. The molecule has 1 aliphatic rings. The molecule has 0 radical (unpaired) electrons. The standard InChI is InChI=1S/C22H14N4O5S2/c23-33(30,31)14-8-9-17-18(11-14)32-22(24-17)25-19(27)12-4-3-5-13(10-12)26-20(28)15-6-1-2-7-16(15)21(26)29/h1-11H,(H2,23,30,31)(H,24,25,27). The lowest BCUT2D eigenvalue weighted by molar-refractivity contribution is 0.0924. The quantitative estimate of drug-likeness (QED) is 0.432. The van der Waals surface area contributed by atoms with E-state index in [1.54, 1.807) is 42.5 Å². The molecule has 3 N–H and O–H groups in total. The topological polar surface area (TPSA) is 140 Å². The molecule has 3 aromatic carbocycles. The average molecular weight is 479 g/mol. The minimum absolute atomic E-state index is 0.0508. The summed E-state index contributed by atoms with van der Waals surface area (Å²) in [5.41, 5.74) is 1.61. The highest BCUT2D eigenvalue weighted by atomic mass is 32.2. The van der Waals surface area contributed by atoms with E-state index in [2.05, 4.69) is 10.3 Å². The third kappa shape index (κ3) is 3.67. The van der Waals surface area contributed by atoms with Gasteiger partial charge in [-0.1, -0.05) is 29.5 Å². The number of fused-ring (bicyclic) bond motifs is 2. The third-order valence-corrected chi connectivity index (χ3v) is 6.91. The number of aromatic nitrogens is 1. The lowest BCUT2D eigenvalue weighted by Gasteiger charge is -2.14. The van der Waals surface area contributed by atoms with Crippen LogP contribution >= 0.6 is 11.3 Å². The van der Waals surface area contributed by atoms with Gasteiger partial charge in [-0.05, 0) is 48.5 Å². The van der Waals surface area contributed by atoms with Gasteiger partial charge in [0, 0.05) is 5.56 Å². The van der Waals surface area contributed by atoms with E-state index in [-0.39, 0.29) is 21.3 Å². The molecule has 2 heterocycles. The molecule has 1 aromatic heterocycles. The van der Waals surface area contributed by atoms with E-state index in [4.69, 9.17) is 5.14 Å². The van der Waals surface area contributed by atoms with Crippen LogP contribution in [0.5, 0.6) is 0 Å². The Balaban J connectivity index is 1.41. The zero-order valence-corrected chi connectivity index (χ0v) is 18.3. The minimum atomic E-state index is -3.86. The van der Waals surface area contributed by atoms with Gasteiger partial charge in [-0.2, -0.15) is 0 Å². The van der Waals surface area contributed by atoms with Crippen molar-refractivity contribution in [2.24, 2.45) is 5.14 Å². The molecule has 0 unspecified atom stereocenters. The number of nitrogens with two attached hydrogens (primary N) is 1. The molecule has 0 saturated carbocycles. The molecule has 0 fully saturated rings. The number of carbonyl (C=O) groups is 3. The van der Waals surface area contributed by atoms with Crippen LogP contribution in [0.4, 0.5) is 10.8 Å². The van der Waals surface area contributed by atoms with Gasteiger partial charge in [0.2, 0.25) is 10.0 Å². The lowest BCUT2D eigenvalue weighted by Crippen LogP contribution is -2.29. The number of anilines is 2. The van der Waals surface area contributed by atoms with E-state index in [9.17, 15) is 22.8 Å². The second kappa shape index (κ2) is 7.59. The number of thiazole rings is 1. The van der Waals surface area contributed by atoms with E-state index >= 15 is 0 Å². The Morgan fingerprint density at radius 3 is 2.30 bits per heavy atom. The first-order chi connectivity index (χ1) is 15.7. The zero-order chi connectivity index (χ0) is 23.3. The second-order valence-corrected chi connectivity index (χ2v) is 9.78. The molecule has 3 amide bonds. The van der Waals surface area contributed by atoms with Gasteiger partial charge in [-0.15, -0.1) is 0 Å². The van der Waals surface area contributed by atoms with Gasteiger partial charge in [-0.25, -0.2) is 23.4 Å². The Labute approximate surface area is 191 Å². The summed E-state index contributed by atoms with van der Waals surface area (Å²) in [5, 5.41) is 8.08. The molecular weight excluding hydrogens is 464 g/mol. The number of hydrogen-bond donors (Lipinski definition) is 2. The number of imide groups is 1. The number of nitrogens with zero attached hydrogens (tertiary/aromatic N) is 2. The molecular formula is C22H14N4O5S2. The van der Waals surface area contributed by atoms with Crippen molar-refractivity contribution in [3.8, 4) is 0 Å². The predicted octanol–water partition coefficient (Wildman–Crippen LogP) is 3.00. The van der Waals surface area contributed by atoms with Crippen LogP contribution in [0.3, 0.4) is 0 Å². The number of hydrogen-bond acceptors (Lipinski definition) is 7. The fourth-order valence-electron chi connectivity index (χ4n) is 3.51. The summed E-state index contributed by atoms with van der Waals surface area (Å²) >= 11 is 1.09. The largest absolute Gasteiger partial charge is 0.298 e. The highest BCUT2D eigenvalue weighted by Crippen LogP contribution is 2.30. The van der Waals surface area contributed by atoms with Gasteiger partial charge in [0.1, 0.15) is 0 Å².